The topological polar surface area (TPSA) is 34.1 Å². The highest BCUT2D eigenvalue weighted by molar-refractivity contribution is 7.98. The van der Waals surface area contributed by atoms with Crippen LogP contribution in [0.1, 0.15) is 24.1 Å². The third kappa shape index (κ3) is 3.99. The second kappa shape index (κ2) is 6.50. The van der Waals surface area contributed by atoms with Gasteiger partial charge >= 0.3 is 0 Å². The van der Waals surface area contributed by atoms with E-state index >= 15 is 0 Å². The van der Waals surface area contributed by atoms with Crippen LogP contribution in [-0.4, -0.2) is 17.3 Å². The fourth-order valence-electron chi connectivity index (χ4n) is 2.23. The molecule has 0 amide bonds. The number of aromatic nitrogens is 1. The number of ether oxygens (including phenoxy) is 1. The van der Waals surface area contributed by atoms with E-state index in [-0.39, 0.29) is 0 Å². The lowest BCUT2D eigenvalue weighted by molar-refractivity contribution is 0.450. The first-order valence-corrected chi connectivity index (χ1v) is 8.49. The number of pyridine rings is 1. The summed E-state index contributed by atoms with van der Waals surface area (Å²) >= 11 is 1.68. The van der Waals surface area contributed by atoms with Crippen LogP contribution in [0.2, 0.25) is 0 Å². The van der Waals surface area contributed by atoms with E-state index in [0.29, 0.717) is 11.9 Å². The van der Waals surface area contributed by atoms with Crippen molar-refractivity contribution in [2.75, 3.05) is 6.26 Å². The summed E-state index contributed by atoms with van der Waals surface area (Å²) in [5.74, 6) is 1.54. The number of aryl methyl sites for hydroxylation is 1. The van der Waals surface area contributed by atoms with Crippen LogP contribution in [0, 0.1) is 6.92 Å². The molecule has 3 nitrogen and oxygen atoms in total. The van der Waals surface area contributed by atoms with Gasteiger partial charge in [-0.05, 0) is 49.8 Å². The molecule has 0 spiro atoms. The van der Waals surface area contributed by atoms with E-state index in [0.717, 1.165) is 22.9 Å². The van der Waals surface area contributed by atoms with Crippen LogP contribution in [0.25, 0.3) is 0 Å². The second-order valence-corrected chi connectivity index (χ2v) is 6.21. The van der Waals surface area contributed by atoms with E-state index < -0.39 is 0 Å². The van der Waals surface area contributed by atoms with Crippen molar-refractivity contribution in [2.45, 2.75) is 37.2 Å². The predicted octanol–water partition coefficient (Wildman–Crippen LogP) is 4.16. The average molecular weight is 300 g/mol. The zero-order valence-electron chi connectivity index (χ0n) is 12.4. The smallest absolute Gasteiger partial charge is 0.219 e. The molecule has 1 N–H and O–H groups in total. The quantitative estimate of drug-likeness (QED) is 0.812. The van der Waals surface area contributed by atoms with Gasteiger partial charge in [-0.25, -0.2) is 4.98 Å². The van der Waals surface area contributed by atoms with Gasteiger partial charge in [0.05, 0.1) is 0 Å². The summed E-state index contributed by atoms with van der Waals surface area (Å²) in [5, 5.41) is 3.53. The Morgan fingerprint density at radius 2 is 2.10 bits per heavy atom. The molecule has 1 saturated carbocycles. The van der Waals surface area contributed by atoms with Gasteiger partial charge in [-0.1, -0.05) is 12.1 Å². The molecule has 1 aliphatic carbocycles. The predicted molar refractivity (Wildman–Crippen MR) is 87.1 cm³/mol. The maximum absolute atomic E-state index is 5.98. The molecule has 4 heteroatoms. The van der Waals surface area contributed by atoms with Crippen LogP contribution < -0.4 is 10.1 Å². The summed E-state index contributed by atoms with van der Waals surface area (Å²) < 4.78 is 5.98. The standard InChI is InChI=1S/C17H20N2OS/c1-12-9-13(11-18-14-7-8-14)10-17(19-12)20-15-5-3-4-6-16(15)21-2/h3-6,9-10,14,18H,7-8,11H2,1-2H3. The molecule has 110 valence electrons. The van der Waals surface area contributed by atoms with Gasteiger partial charge in [0.2, 0.25) is 5.88 Å². The Bertz CT molecular complexity index is 626. The van der Waals surface area contributed by atoms with E-state index in [1.807, 2.05) is 31.2 Å². The highest BCUT2D eigenvalue weighted by atomic mass is 32.2. The summed E-state index contributed by atoms with van der Waals surface area (Å²) in [6, 6.07) is 12.9. The van der Waals surface area contributed by atoms with Gasteiger partial charge in [0.15, 0.2) is 0 Å². The van der Waals surface area contributed by atoms with E-state index in [1.165, 1.54) is 18.4 Å². The van der Waals surface area contributed by atoms with Crippen molar-refractivity contribution in [2.24, 2.45) is 0 Å². The van der Waals surface area contributed by atoms with Crippen molar-refractivity contribution in [3.8, 4) is 11.6 Å². The second-order valence-electron chi connectivity index (χ2n) is 5.36. The lowest BCUT2D eigenvalue weighted by atomic mass is 10.2. The summed E-state index contributed by atoms with van der Waals surface area (Å²) in [6.07, 6.45) is 4.65. The van der Waals surface area contributed by atoms with Crippen molar-refractivity contribution in [3.05, 3.63) is 47.7 Å². The van der Waals surface area contributed by atoms with Crippen LogP contribution in [0.15, 0.2) is 41.3 Å². The molecule has 1 aromatic carbocycles. The summed E-state index contributed by atoms with van der Waals surface area (Å²) in [7, 11) is 0. The molecule has 21 heavy (non-hydrogen) atoms. The summed E-state index contributed by atoms with van der Waals surface area (Å²) in [6.45, 7) is 2.89. The Kier molecular flexibility index (Phi) is 4.46. The zero-order chi connectivity index (χ0) is 14.7. The Balaban J connectivity index is 1.77. The number of nitrogens with one attached hydrogen (secondary N) is 1. The van der Waals surface area contributed by atoms with Crippen LogP contribution >= 0.6 is 11.8 Å². The normalized spacial score (nSPS) is 14.2. The number of benzene rings is 1. The van der Waals surface area contributed by atoms with Gasteiger partial charge in [-0.15, -0.1) is 11.8 Å². The van der Waals surface area contributed by atoms with Crippen molar-refractivity contribution in [1.29, 1.82) is 0 Å². The molecule has 0 unspecified atom stereocenters. The van der Waals surface area contributed by atoms with Gasteiger partial charge in [0.1, 0.15) is 5.75 Å². The van der Waals surface area contributed by atoms with Crippen LogP contribution in [0.3, 0.4) is 0 Å². The molecule has 1 heterocycles. The molecular weight excluding hydrogens is 280 g/mol. The Morgan fingerprint density at radius 3 is 2.86 bits per heavy atom. The van der Waals surface area contributed by atoms with Crippen molar-refractivity contribution < 1.29 is 4.74 Å². The van der Waals surface area contributed by atoms with Gasteiger partial charge in [0.25, 0.3) is 0 Å². The summed E-state index contributed by atoms with van der Waals surface area (Å²) in [5.41, 5.74) is 2.22. The Labute approximate surface area is 130 Å². The molecular formula is C17H20N2OS. The fraction of sp³-hybridized carbons (Fsp3) is 0.353. The SMILES string of the molecule is CSc1ccccc1Oc1cc(CNC2CC2)cc(C)n1. The molecule has 0 bridgehead atoms. The third-order valence-corrected chi connectivity index (χ3v) is 4.22. The zero-order valence-corrected chi connectivity index (χ0v) is 13.2. The van der Waals surface area contributed by atoms with Crippen molar-refractivity contribution in [1.82, 2.24) is 10.3 Å². The number of nitrogens with zero attached hydrogens (tertiary/aromatic N) is 1. The molecule has 1 aromatic heterocycles. The van der Waals surface area contributed by atoms with E-state index in [9.17, 15) is 0 Å². The monoisotopic (exact) mass is 300 g/mol. The van der Waals surface area contributed by atoms with Crippen molar-refractivity contribution in [3.63, 3.8) is 0 Å². The van der Waals surface area contributed by atoms with Crippen LogP contribution in [0.5, 0.6) is 11.6 Å². The number of hydrogen-bond donors (Lipinski definition) is 1. The highest BCUT2D eigenvalue weighted by Crippen LogP contribution is 2.31. The van der Waals surface area contributed by atoms with Crippen LogP contribution in [-0.2, 0) is 6.54 Å². The largest absolute Gasteiger partial charge is 0.438 e. The molecule has 1 fully saturated rings. The lowest BCUT2D eigenvalue weighted by Gasteiger charge is -2.11. The molecule has 0 aliphatic heterocycles. The minimum absolute atomic E-state index is 0.670. The summed E-state index contributed by atoms with van der Waals surface area (Å²) in [4.78, 5) is 5.61. The van der Waals surface area contributed by atoms with Crippen LogP contribution in [0.4, 0.5) is 0 Å². The van der Waals surface area contributed by atoms with Gasteiger partial charge in [-0.3, -0.25) is 0 Å². The number of hydrogen-bond acceptors (Lipinski definition) is 4. The Hall–Kier alpha value is -1.52. The molecule has 0 atom stereocenters. The first-order chi connectivity index (χ1) is 10.2. The lowest BCUT2D eigenvalue weighted by Crippen LogP contribution is -2.15. The minimum Gasteiger partial charge on any atom is -0.438 e. The minimum atomic E-state index is 0.670. The highest BCUT2D eigenvalue weighted by Gasteiger charge is 2.20. The Morgan fingerprint density at radius 1 is 1.29 bits per heavy atom. The fourth-order valence-corrected chi connectivity index (χ4v) is 2.75. The van der Waals surface area contributed by atoms with Gasteiger partial charge in [0, 0.05) is 29.2 Å². The first kappa shape index (κ1) is 14.4. The van der Waals surface area contributed by atoms with E-state index in [1.54, 1.807) is 11.8 Å². The van der Waals surface area contributed by atoms with Gasteiger partial charge < -0.3 is 10.1 Å². The number of thioether (sulfide) groups is 1. The average Bonchev–Trinajstić information content (AvgIpc) is 3.29. The molecule has 0 radical (unpaired) electrons. The van der Waals surface area contributed by atoms with E-state index in [2.05, 4.69) is 28.7 Å². The molecule has 3 rings (SSSR count). The van der Waals surface area contributed by atoms with Gasteiger partial charge in [-0.2, -0.15) is 0 Å². The van der Waals surface area contributed by atoms with Crippen molar-refractivity contribution >= 4 is 11.8 Å². The third-order valence-electron chi connectivity index (χ3n) is 3.45. The molecule has 2 aromatic rings. The molecule has 0 saturated heterocycles. The number of rotatable bonds is 6. The van der Waals surface area contributed by atoms with E-state index in [4.69, 9.17) is 4.74 Å². The molecule has 1 aliphatic rings. The first-order valence-electron chi connectivity index (χ1n) is 7.26. The number of para-hydroxylation sites is 1. The maximum Gasteiger partial charge on any atom is 0.219 e. The maximum atomic E-state index is 5.98.